The molecule has 0 saturated carbocycles. The van der Waals surface area contributed by atoms with Gasteiger partial charge in [-0.15, -0.1) is 0 Å². The first-order valence-corrected chi connectivity index (χ1v) is 6.64. The lowest BCUT2D eigenvalue weighted by Crippen LogP contribution is -2.01. The van der Waals surface area contributed by atoms with Crippen molar-refractivity contribution in [3.63, 3.8) is 0 Å². The van der Waals surface area contributed by atoms with Crippen LogP contribution in [0.15, 0.2) is 36.5 Å². The minimum absolute atomic E-state index is 0.476. The first kappa shape index (κ1) is 13.7. The van der Waals surface area contributed by atoms with Gasteiger partial charge >= 0.3 is 0 Å². The Morgan fingerprint density at radius 1 is 1.26 bits per heavy atom. The SMILES string of the molecule is CCNc1cc(COc2ccc(C)cc2Cl)ccn1. The average molecular weight is 277 g/mol. The predicted octanol–water partition coefficient (Wildman–Crippen LogP) is 4.05. The lowest BCUT2D eigenvalue weighted by molar-refractivity contribution is 0.306. The zero-order valence-electron chi connectivity index (χ0n) is 11.1. The molecule has 19 heavy (non-hydrogen) atoms. The van der Waals surface area contributed by atoms with Gasteiger partial charge in [-0.3, -0.25) is 0 Å². The number of hydrogen-bond donors (Lipinski definition) is 1. The third-order valence-electron chi connectivity index (χ3n) is 2.66. The number of benzene rings is 1. The van der Waals surface area contributed by atoms with E-state index in [0.29, 0.717) is 17.4 Å². The number of aryl methyl sites for hydroxylation is 1. The Morgan fingerprint density at radius 2 is 2.11 bits per heavy atom. The molecule has 1 aromatic heterocycles. The van der Waals surface area contributed by atoms with Gasteiger partial charge in [0.25, 0.3) is 0 Å². The van der Waals surface area contributed by atoms with Crippen molar-refractivity contribution >= 4 is 17.4 Å². The van der Waals surface area contributed by atoms with Gasteiger partial charge in [-0.05, 0) is 49.2 Å². The molecule has 0 aliphatic heterocycles. The molecule has 2 rings (SSSR count). The van der Waals surface area contributed by atoms with Crippen LogP contribution in [0.25, 0.3) is 0 Å². The summed E-state index contributed by atoms with van der Waals surface area (Å²) in [6.07, 6.45) is 1.77. The van der Waals surface area contributed by atoms with Crippen LogP contribution in [0.2, 0.25) is 5.02 Å². The highest BCUT2D eigenvalue weighted by Gasteiger charge is 2.03. The summed E-state index contributed by atoms with van der Waals surface area (Å²) >= 11 is 6.13. The number of anilines is 1. The van der Waals surface area contributed by atoms with E-state index in [1.165, 1.54) is 0 Å². The first-order chi connectivity index (χ1) is 9.19. The number of rotatable bonds is 5. The van der Waals surface area contributed by atoms with Crippen LogP contribution in [0.5, 0.6) is 5.75 Å². The highest BCUT2D eigenvalue weighted by Crippen LogP contribution is 2.26. The summed E-state index contributed by atoms with van der Waals surface area (Å²) in [6, 6.07) is 9.68. The molecule has 0 aliphatic rings. The van der Waals surface area contributed by atoms with Gasteiger partial charge in [-0.25, -0.2) is 4.98 Å². The van der Waals surface area contributed by atoms with Crippen LogP contribution in [-0.4, -0.2) is 11.5 Å². The van der Waals surface area contributed by atoms with Crippen LogP contribution in [0.1, 0.15) is 18.1 Å². The summed E-state index contributed by atoms with van der Waals surface area (Å²) in [5.41, 5.74) is 2.18. The van der Waals surface area contributed by atoms with Crippen molar-refractivity contribution in [2.45, 2.75) is 20.5 Å². The Hall–Kier alpha value is -1.74. The molecule has 0 amide bonds. The fourth-order valence-corrected chi connectivity index (χ4v) is 2.02. The first-order valence-electron chi connectivity index (χ1n) is 6.27. The van der Waals surface area contributed by atoms with Gasteiger partial charge in [-0.1, -0.05) is 17.7 Å². The Labute approximate surface area is 118 Å². The van der Waals surface area contributed by atoms with Gasteiger partial charge in [0.1, 0.15) is 18.2 Å². The van der Waals surface area contributed by atoms with Crippen molar-refractivity contribution < 1.29 is 4.74 Å². The quantitative estimate of drug-likeness (QED) is 0.894. The summed E-state index contributed by atoms with van der Waals surface area (Å²) in [5, 5.41) is 3.81. The van der Waals surface area contributed by atoms with E-state index in [1.807, 2.05) is 44.2 Å². The maximum atomic E-state index is 6.13. The molecule has 2 aromatic rings. The Kier molecular flexibility index (Phi) is 4.63. The molecule has 0 aliphatic carbocycles. The van der Waals surface area contributed by atoms with Crippen molar-refractivity contribution in [1.82, 2.24) is 4.98 Å². The monoisotopic (exact) mass is 276 g/mol. The molecule has 3 nitrogen and oxygen atoms in total. The number of ether oxygens (including phenoxy) is 1. The van der Waals surface area contributed by atoms with E-state index >= 15 is 0 Å². The molecular formula is C15H17ClN2O. The number of halogens is 1. The van der Waals surface area contributed by atoms with E-state index in [4.69, 9.17) is 16.3 Å². The number of pyridine rings is 1. The minimum Gasteiger partial charge on any atom is -0.487 e. The predicted molar refractivity (Wildman–Crippen MR) is 78.9 cm³/mol. The van der Waals surface area contributed by atoms with Gasteiger partial charge in [-0.2, -0.15) is 0 Å². The van der Waals surface area contributed by atoms with Crippen molar-refractivity contribution in [3.8, 4) is 5.75 Å². The molecule has 0 radical (unpaired) electrons. The zero-order chi connectivity index (χ0) is 13.7. The third kappa shape index (κ3) is 3.86. The van der Waals surface area contributed by atoms with E-state index in [9.17, 15) is 0 Å². The van der Waals surface area contributed by atoms with E-state index in [-0.39, 0.29) is 0 Å². The third-order valence-corrected chi connectivity index (χ3v) is 2.96. The number of aromatic nitrogens is 1. The fourth-order valence-electron chi connectivity index (χ4n) is 1.73. The second kappa shape index (κ2) is 6.43. The van der Waals surface area contributed by atoms with E-state index < -0.39 is 0 Å². The highest BCUT2D eigenvalue weighted by atomic mass is 35.5. The molecule has 0 spiro atoms. The summed E-state index contributed by atoms with van der Waals surface area (Å²) < 4.78 is 5.72. The maximum absolute atomic E-state index is 6.13. The smallest absolute Gasteiger partial charge is 0.138 e. The van der Waals surface area contributed by atoms with Crippen molar-refractivity contribution in [2.75, 3.05) is 11.9 Å². The van der Waals surface area contributed by atoms with Crippen LogP contribution in [-0.2, 0) is 6.61 Å². The van der Waals surface area contributed by atoms with Gasteiger partial charge < -0.3 is 10.1 Å². The second-order valence-electron chi connectivity index (χ2n) is 4.30. The highest BCUT2D eigenvalue weighted by molar-refractivity contribution is 6.32. The van der Waals surface area contributed by atoms with Crippen LogP contribution in [0, 0.1) is 6.92 Å². The Morgan fingerprint density at radius 3 is 2.84 bits per heavy atom. The Bertz CT molecular complexity index is 558. The van der Waals surface area contributed by atoms with Gasteiger partial charge in [0, 0.05) is 12.7 Å². The molecule has 1 aromatic carbocycles. The van der Waals surface area contributed by atoms with Gasteiger partial charge in [0.05, 0.1) is 5.02 Å². The van der Waals surface area contributed by atoms with Crippen LogP contribution >= 0.6 is 11.6 Å². The summed E-state index contributed by atoms with van der Waals surface area (Å²) in [7, 11) is 0. The lowest BCUT2D eigenvalue weighted by Gasteiger charge is -2.09. The molecule has 4 heteroatoms. The van der Waals surface area contributed by atoms with Gasteiger partial charge in [0.2, 0.25) is 0 Å². The molecular weight excluding hydrogens is 260 g/mol. The molecule has 0 bridgehead atoms. The zero-order valence-corrected chi connectivity index (χ0v) is 11.9. The molecule has 0 atom stereocenters. The second-order valence-corrected chi connectivity index (χ2v) is 4.71. The molecule has 100 valence electrons. The molecule has 0 saturated heterocycles. The molecule has 0 unspecified atom stereocenters. The van der Waals surface area contributed by atoms with Crippen LogP contribution < -0.4 is 10.1 Å². The molecule has 1 N–H and O–H groups in total. The maximum Gasteiger partial charge on any atom is 0.138 e. The summed E-state index contributed by atoms with van der Waals surface area (Å²) in [6.45, 7) is 5.36. The fraction of sp³-hybridized carbons (Fsp3) is 0.267. The van der Waals surface area contributed by atoms with E-state index in [1.54, 1.807) is 6.20 Å². The van der Waals surface area contributed by atoms with Crippen molar-refractivity contribution in [3.05, 3.63) is 52.7 Å². The van der Waals surface area contributed by atoms with Crippen molar-refractivity contribution in [1.29, 1.82) is 0 Å². The van der Waals surface area contributed by atoms with Crippen molar-refractivity contribution in [2.24, 2.45) is 0 Å². The normalized spacial score (nSPS) is 10.3. The van der Waals surface area contributed by atoms with E-state index in [0.717, 1.165) is 23.5 Å². The molecule has 0 fully saturated rings. The summed E-state index contributed by atoms with van der Waals surface area (Å²) in [5.74, 6) is 1.56. The number of hydrogen-bond acceptors (Lipinski definition) is 3. The Balaban J connectivity index is 2.03. The largest absolute Gasteiger partial charge is 0.487 e. The average Bonchev–Trinajstić information content (AvgIpc) is 2.38. The topological polar surface area (TPSA) is 34.1 Å². The summed E-state index contributed by atoms with van der Waals surface area (Å²) in [4.78, 5) is 4.22. The minimum atomic E-state index is 0.476. The number of nitrogens with one attached hydrogen (secondary N) is 1. The van der Waals surface area contributed by atoms with E-state index in [2.05, 4.69) is 10.3 Å². The standard InChI is InChI=1S/C15H17ClN2O/c1-3-17-15-9-12(6-7-18-15)10-19-14-5-4-11(2)8-13(14)16/h4-9H,3,10H2,1-2H3,(H,17,18). The molecule has 1 heterocycles. The lowest BCUT2D eigenvalue weighted by atomic mass is 10.2. The number of nitrogens with zero attached hydrogens (tertiary/aromatic N) is 1. The van der Waals surface area contributed by atoms with Crippen LogP contribution in [0.4, 0.5) is 5.82 Å². The van der Waals surface area contributed by atoms with Crippen LogP contribution in [0.3, 0.4) is 0 Å². The van der Waals surface area contributed by atoms with Gasteiger partial charge in [0.15, 0.2) is 0 Å².